The van der Waals surface area contributed by atoms with Crippen molar-refractivity contribution >= 4 is 23.1 Å². The van der Waals surface area contributed by atoms with Crippen LogP contribution in [0.25, 0.3) is 0 Å². The largest absolute Gasteiger partial charge is 0.393 e. The molecule has 1 fully saturated rings. The Labute approximate surface area is 96.8 Å². The van der Waals surface area contributed by atoms with Crippen molar-refractivity contribution in [3.8, 4) is 0 Å². The number of carbonyl (C=O) groups excluding carboxylic acids is 1. The summed E-state index contributed by atoms with van der Waals surface area (Å²) in [5.41, 5.74) is 5.55. The highest BCUT2D eigenvalue weighted by atomic mass is 32.1. The molecule has 0 saturated heterocycles. The zero-order valence-corrected chi connectivity index (χ0v) is 10.1. The average Bonchev–Trinajstić information content (AvgIpc) is 2.10. The van der Waals surface area contributed by atoms with Crippen molar-refractivity contribution in [3.63, 3.8) is 0 Å². The van der Waals surface area contributed by atoms with Gasteiger partial charge in [0.2, 0.25) is 5.91 Å². The molecule has 3 nitrogen and oxygen atoms in total. The second kappa shape index (κ2) is 6.05. The third-order valence-electron chi connectivity index (χ3n) is 3.03. The van der Waals surface area contributed by atoms with E-state index in [-0.39, 0.29) is 11.8 Å². The number of hydrogen-bond donors (Lipinski definition) is 2. The zero-order chi connectivity index (χ0) is 11.3. The summed E-state index contributed by atoms with van der Waals surface area (Å²) < 4.78 is 0. The van der Waals surface area contributed by atoms with Crippen LogP contribution in [0.5, 0.6) is 0 Å². The van der Waals surface area contributed by atoms with Gasteiger partial charge in [0.25, 0.3) is 0 Å². The molecule has 1 saturated carbocycles. The predicted octanol–water partition coefficient (Wildman–Crippen LogP) is 1.61. The summed E-state index contributed by atoms with van der Waals surface area (Å²) in [4.78, 5) is 12.1. The van der Waals surface area contributed by atoms with Crippen molar-refractivity contribution in [2.75, 3.05) is 6.54 Å². The van der Waals surface area contributed by atoms with Gasteiger partial charge >= 0.3 is 0 Å². The molecule has 0 aliphatic heterocycles. The second-order valence-corrected chi connectivity index (χ2v) is 4.76. The molecule has 0 spiro atoms. The summed E-state index contributed by atoms with van der Waals surface area (Å²) in [6, 6.07) is 0. The van der Waals surface area contributed by atoms with E-state index in [1.54, 1.807) is 0 Å². The first kappa shape index (κ1) is 12.4. The maximum absolute atomic E-state index is 11.7. The second-order valence-electron chi connectivity index (χ2n) is 4.29. The van der Waals surface area contributed by atoms with Crippen molar-refractivity contribution < 1.29 is 4.79 Å². The third-order valence-corrected chi connectivity index (χ3v) is 3.31. The molecule has 1 aliphatic carbocycles. The molecule has 0 aromatic carbocycles. The summed E-state index contributed by atoms with van der Waals surface area (Å²) in [5, 5.41) is 2.94. The van der Waals surface area contributed by atoms with Crippen LogP contribution in [0, 0.1) is 11.8 Å². The molecule has 1 unspecified atom stereocenters. The van der Waals surface area contributed by atoms with Crippen LogP contribution in [-0.2, 0) is 4.79 Å². The van der Waals surface area contributed by atoms with Gasteiger partial charge in [-0.25, -0.2) is 0 Å². The molecule has 0 radical (unpaired) electrons. The molecule has 1 aliphatic rings. The van der Waals surface area contributed by atoms with Gasteiger partial charge in [0, 0.05) is 6.54 Å². The molecular weight excluding hydrogens is 208 g/mol. The van der Waals surface area contributed by atoms with Crippen LogP contribution in [-0.4, -0.2) is 17.4 Å². The van der Waals surface area contributed by atoms with Crippen LogP contribution in [0.1, 0.15) is 39.0 Å². The Morgan fingerprint density at radius 3 is 2.67 bits per heavy atom. The molecule has 0 aromatic rings. The molecule has 3 N–H and O–H groups in total. The Morgan fingerprint density at radius 1 is 1.60 bits per heavy atom. The molecule has 0 heterocycles. The lowest BCUT2D eigenvalue weighted by atomic mass is 9.85. The number of hydrogen-bond acceptors (Lipinski definition) is 2. The number of carbonyl (C=O) groups is 1. The zero-order valence-electron chi connectivity index (χ0n) is 9.29. The summed E-state index contributed by atoms with van der Waals surface area (Å²) in [7, 11) is 0. The quantitative estimate of drug-likeness (QED) is 0.679. The number of nitrogens with two attached hydrogens (primary N) is 1. The van der Waals surface area contributed by atoms with Crippen LogP contribution in [0.4, 0.5) is 0 Å². The highest BCUT2D eigenvalue weighted by molar-refractivity contribution is 7.80. The fourth-order valence-corrected chi connectivity index (χ4v) is 1.98. The lowest BCUT2D eigenvalue weighted by molar-refractivity contribution is -0.123. The Bertz CT molecular complexity index is 239. The summed E-state index contributed by atoms with van der Waals surface area (Å²) in [6.45, 7) is 2.83. The van der Waals surface area contributed by atoms with E-state index in [9.17, 15) is 4.79 Å². The highest BCUT2D eigenvalue weighted by Crippen LogP contribution is 2.25. The Hall–Kier alpha value is -0.640. The van der Waals surface area contributed by atoms with E-state index >= 15 is 0 Å². The van der Waals surface area contributed by atoms with Gasteiger partial charge in [-0.1, -0.05) is 32.0 Å². The molecule has 0 bridgehead atoms. The Kier molecular flexibility index (Phi) is 5.02. The predicted molar refractivity (Wildman–Crippen MR) is 65.5 cm³/mol. The molecule has 15 heavy (non-hydrogen) atoms. The molecule has 1 amide bonds. The van der Waals surface area contributed by atoms with Gasteiger partial charge in [-0.05, 0) is 25.2 Å². The van der Waals surface area contributed by atoms with Crippen LogP contribution < -0.4 is 11.1 Å². The topological polar surface area (TPSA) is 55.1 Å². The van der Waals surface area contributed by atoms with Gasteiger partial charge in [0.05, 0.1) is 10.9 Å². The fraction of sp³-hybridized carbons (Fsp3) is 0.818. The lowest BCUT2D eigenvalue weighted by Crippen LogP contribution is -2.40. The SMILES string of the molecule is CCCC(C(=O)NCC1CCC1)C(N)=S. The average molecular weight is 228 g/mol. The first-order chi connectivity index (χ1) is 7.15. The molecular formula is C11H20N2OS. The number of thiocarbonyl (C=S) groups is 1. The van der Waals surface area contributed by atoms with Crippen molar-refractivity contribution in [1.82, 2.24) is 5.32 Å². The van der Waals surface area contributed by atoms with Crippen LogP contribution in [0.3, 0.4) is 0 Å². The van der Waals surface area contributed by atoms with E-state index in [2.05, 4.69) is 5.32 Å². The minimum Gasteiger partial charge on any atom is -0.393 e. The van der Waals surface area contributed by atoms with E-state index in [1.165, 1.54) is 19.3 Å². The van der Waals surface area contributed by atoms with Crippen LogP contribution in [0.2, 0.25) is 0 Å². The summed E-state index contributed by atoms with van der Waals surface area (Å²) in [5.74, 6) is 0.420. The monoisotopic (exact) mass is 228 g/mol. The molecule has 86 valence electrons. The van der Waals surface area contributed by atoms with E-state index in [0.717, 1.165) is 19.4 Å². The Morgan fingerprint density at radius 2 is 2.27 bits per heavy atom. The van der Waals surface area contributed by atoms with E-state index in [4.69, 9.17) is 18.0 Å². The van der Waals surface area contributed by atoms with Gasteiger partial charge in [-0.15, -0.1) is 0 Å². The van der Waals surface area contributed by atoms with Crippen molar-refractivity contribution in [2.45, 2.75) is 39.0 Å². The lowest BCUT2D eigenvalue weighted by Gasteiger charge is -2.26. The van der Waals surface area contributed by atoms with Crippen molar-refractivity contribution in [2.24, 2.45) is 17.6 Å². The number of rotatable bonds is 6. The maximum atomic E-state index is 11.7. The summed E-state index contributed by atoms with van der Waals surface area (Å²) in [6.07, 6.45) is 5.47. The molecule has 1 rings (SSSR count). The molecule has 1 atom stereocenters. The first-order valence-electron chi connectivity index (χ1n) is 5.72. The molecule has 0 aromatic heterocycles. The van der Waals surface area contributed by atoms with Crippen LogP contribution in [0.15, 0.2) is 0 Å². The van der Waals surface area contributed by atoms with Crippen LogP contribution >= 0.6 is 12.2 Å². The van der Waals surface area contributed by atoms with Gasteiger partial charge in [0.1, 0.15) is 0 Å². The maximum Gasteiger partial charge on any atom is 0.229 e. The van der Waals surface area contributed by atoms with Gasteiger partial charge in [0.15, 0.2) is 0 Å². The molecule has 4 heteroatoms. The van der Waals surface area contributed by atoms with E-state index in [1.807, 2.05) is 6.92 Å². The minimum absolute atomic E-state index is 0.0104. The first-order valence-corrected chi connectivity index (χ1v) is 6.13. The van der Waals surface area contributed by atoms with Gasteiger partial charge in [-0.2, -0.15) is 0 Å². The van der Waals surface area contributed by atoms with Gasteiger partial charge < -0.3 is 11.1 Å². The Balaban J connectivity index is 2.30. The van der Waals surface area contributed by atoms with Gasteiger partial charge in [-0.3, -0.25) is 4.79 Å². The standard InChI is InChI=1S/C11H20N2OS/c1-2-4-9(10(12)15)11(14)13-7-8-5-3-6-8/h8-9H,2-7H2,1H3,(H2,12,15)(H,13,14). The van der Waals surface area contributed by atoms with E-state index in [0.29, 0.717) is 10.9 Å². The minimum atomic E-state index is -0.273. The fourth-order valence-electron chi connectivity index (χ4n) is 1.76. The smallest absolute Gasteiger partial charge is 0.229 e. The van der Waals surface area contributed by atoms with Crippen molar-refractivity contribution in [3.05, 3.63) is 0 Å². The normalized spacial score (nSPS) is 17.9. The third kappa shape index (κ3) is 3.78. The summed E-state index contributed by atoms with van der Waals surface area (Å²) >= 11 is 4.90. The van der Waals surface area contributed by atoms with E-state index < -0.39 is 0 Å². The number of amides is 1. The highest BCUT2D eigenvalue weighted by Gasteiger charge is 2.23. The number of nitrogens with one attached hydrogen (secondary N) is 1. The van der Waals surface area contributed by atoms with Crippen molar-refractivity contribution in [1.29, 1.82) is 0 Å².